The summed E-state index contributed by atoms with van der Waals surface area (Å²) in [7, 11) is 0. The van der Waals surface area contributed by atoms with Crippen molar-refractivity contribution in [3.63, 3.8) is 0 Å². The molecule has 3 rings (SSSR count). The van der Waals surface area contributed by atoms with Gasteiger partial charge in [0.1, 0.15) is 11.7 Å². The molecule has 2 aromatic rings. The van der Waals surface area contributed by atoms with E-state index in [0.717, 1.165) is 17.0 Å². The molecular formula is C20H17ClFN3O5. The molecule has 1 aliphatic rings. The Morgan fingerprint density at radius 3 is 2.57 bits per heavy atom. The molecule has 1 aliphatic heterocycles. The maximum absolute atomic E-state index is 13.4. The lowest BCUT2D eigenvalue weighted by Gasteiger charge is -2.30. The number of carbonyl (C=O) groups is 4. The number of carbonyl (C=O) groups excluding carboxylic acids is 4. The standard InChI is InChI=1S/C20H17ClFN3O5/c1-2-30-19(28)11-3-5-12(6-4-11)24-17(26)14-10-23-20(29)25(18(14)27)13-7-8-16(22)15(21)9-13/h3-9,14H,2,10H2,1H3,(H,23,29)(H,24,26). The van der Waals surface area contributed by atoms with Crippen molar-refractivity contribution in [2.75, 3.05) is 23.4 Å². The first-order chi connectivity index (χ1) is 14.3. The topological polar surface area (TPSA) is 105 Å². The van der Waals surface area contributed by atoms with Crippen LogP contribution < -0.4 is 15.5 Å². The van der Waals surface area contributed by atoms with Crippen LogP contribution in [0, 0.1) is 11.7 Å². The van der Waals surface area contributed by atoms with Crippen LogP contribution in [-0.4, -0.2) is 37.0 Å². The molecule has 2 N–H and O–H groups in total. The number of imide groups is 1. The molecule has 1 saturated heterocycles. The SMILES string of the molecule is CCOC(=O)c1ccc(NC(=O)C2CNC(=O)N(c3ccc(F)c(Cl)c3)C2=O)cc1. The van der Waals surface area contributed by atoms with Gasteiger partial charge in [0.2, 0.25) is 11.8 Å². The van der Waals surface area contributed by atoms with E-state index in [1.54, 1.807) is 6.92 Å². The Morgan fingerprint density at radius 1 is 1.23 bits per heavy atom. The zero-order valence-corrected chi connectivity index (χ0v) is 16.5. The summed E-state index contributed by atoms with van der Waals surface area (Å²) in [5.74, 6) is -3.83. The molecule has 0 aromatic heterocycles. The molecule has 30 heavy (non-hydrogen) atoms. The normalized spacial score (nSPS) is 16.1. The molecule has 156 valence electrons. The minimum Gasteiger partial charge on any atom is -0.462 e. The Labute approximate surface area is 175 Å². The van der Waals surface area contributed by atoms with Crippen LogP contribution in [-0.2, 0) is 14.3 Å². The molecule has 10 heteroatoms. The molecule has 1 atom stereocenters. The first-order valence-electron chi connectivity index (χ1n) is 8.96. The molecule has 1 fully saturated rings. The van der Waals surface area contributed by atoms with E-state index >= 15 is 0 Å². The molecule has 0 bridgehead atoms. The third-order valence-electron chi connectivity index (χ3n) is 4.32. The number of ether oxygens (including phenoxy) is 1. The number of nitrogens with zero attached hydrogens (tertiary/aromatic N) is 1. The Morgan fingerprint density at radius 2 is 1.93 bits per heavy atom. The number of hydrogen-bond donors (Lipinski definition) is 2. The summed E-state index contributed by atoms with van der Waals surface area (Å²) in [6.07, 6.45) is 0. The summed E-state index contributed by atoms with van der Waals surface area (Å²) in [5, 5.41) is 4.77. The van der Waals surface area contributed by atoms with Crippen molar-refractivity contribution >= 4 is 46.8 Å². The summed E-state index contributed by atoms with van der Waals surface area (Å²) >= 11 is 5.73. The zero-order chi connectivity index (χ0) is 21.8. The lowest BCUT2D eigenvalue weighted by Crippen LogP contribution is -2.58. The van der Waals surface area contributed by atoms with Crippen molar-refractivity contribution in [2.24, 2.45) is 5.92 Å². The lowest BCUT2D eigenvalue weighted by molar-refractivity contribution is -0.130. The number of anilines is 2. The van der Waals surface area contributed by atoms with Crippen molar-refractivity contribution < 1.29 is 28.3 Å². The van der Waals surface area contributed by atoms with Crippen LogP contribution in [0.1, 0.15) is 17.3 Å². The molecule has 2 aromatic carbocycles. The number of hydrogen-bond acceptors (Lipinski definition) is 5. The molecule has 0 spiro atoms. The summed E-state index contributed by atoms with van der Waals surface area (Å²) in [6, 6.07) is 8.56. The van der Waals surface area contributed by atoms with Gasteiger partial charge in [-0.15, -0.1) is 0 Å². The molecule has 1 heterocycles. The highest BCUT2D eigenvalue weighted by Gasteiger charge is 2.39. The van der Waals surface area contributed by atoms with Crippen molar-refractivity contribution in [1.29, 1.82) is 0 Å². The van der Waals surface area contributed by atoms with Gasteiger partial charge < -0.3 is 15.4 Å². The fourth-order valence-corrected chi connectivity index (χ4v) is 2.99. The second kappa shape index (κ2) is 8.91. The smallest absolute Gasteiger partial charge is 0.338 e. The average molecular weight is 434 g/mol. The maximum Gasteiger partial charge on any atom is 0.338 e. The molecule has 0 radical (unpaired) electrons. The highest BCUT2D eigenvalue weighted by molar-refractivity contribution is 6.31. The van der Waals surface area contributed by atoms with E-state index in [2.05, 4.69) is 10.6 Å². The highest BCUT2D eigenvalue weighted by atomic mass is 35.5. The maximum atomic E-state index is 13.4. The van der Waals surface area contributed by atoms with Gasteiger partial charge in [-0.1, -0.05) is 11.6 Å². The minimum absolute atomic E-state index is 0.0418. The molecule has 4 amide bonds. The first kappa shape index (κ1) is 21.3. The van der Waals surface area contributed by atoms with E-state index in [-0.39, 0.29) is 23.9 Å². The molecule has 0 saturated carbocycles. The highest BCUT2D eigenvalue weighted by Crippen LogP contribution is 2.26. The van der Waals surface area contributed by atoms with Gasteiger partial charge in [-0.3, -0.25) is 9.59 Å². The summed E-state index contributed by atoms with van der Waals surface area (Å²) < 4.78 is 18.3. The largest absolute Gasteiger partial charge is 0.462 e. The number of benzene rings is 2. The van der Waals surface area contributed by atoms with Gasteiger partial charge in [0.15, 0.2) is 0 Å². The fraction of sp³-hybridized carbons (Fsp3) is 0.200. The lowest BCUT2D eigenvalue weighted by atomic mass is 10.0. The quantitative estimate of drug-likeness (QED) is 0.557. The average Bonchev–Trinajstić information content (AvgIpc) is 2.71. The van der Waals surface area contributed by atoms with Crippen molar-refractivity contribution in [2.45, 2.75) is 6.92 Å². The van der Waals surface area contributed by atoms with E-state index in [4.69, 9.17) is 16.3 Å². The number of esters is 1. The molecule has 1 unspecified atom stereocenters. The number of rotatable bonds is 5. The summed E-state index contributed by atoms with van der Waals surface area (Å²) in [6.45, 7) is 1.73. The number of urea groups is 1. The fourth-order valence-electron chi connectivity index (χ4n) is 2.82. The second-order valence-electron chi connectivity index (χ2n) is 6.30. The first-order valence-corrected chi connectivity index (χ1v) is 9.34. The van der Waals surface area contributed by atoms with Crippen molar-refractivity contribution in [1.82, 2.24) is 5.32 Å². The number of nitrogens with one attached hydrogen (secondary N) is 2. The van der Waals surface area contributed by atoms with Crippen LogP contribution in [0.4, 0.5) is 20.6 Å². The van der Waals surface area contributed by atoms with Gasteiger partial charge in [-0.05, 0) is 49.4 Å². The minimum atomic E-state index is -1.21. The van der Waals surface area contributed by atoms with Crippen molar-refractivity contribution in [3.05, 3.63) is 58.9 Å². The van der Waals surface area contributed by atoms with E-state index < -0.39 is 35.5 Å². The third kappa shape index (κ3) is 4.41. The Kier molecular flexibility index (Phi) is 6.31. The summed E-state index contributed by atoms with van der Waals surface area (Å²) in [4.78, 5) is 50.0. The van der Waals surface area contributed by atoms with Crippen LogP contribution in [0.5, 0.6) is 0 Å². The number of halogens is 2. The molecule has 8 nitrogen and oxygen atoms in total. The van der Waals surface area contributed by atoms with Gasteiger partial charge in [0.05, 0.1) is 22.9 Å². The second-order valence-corrected chi connectivity index (χ2v) is 6.70. The molecule has 0 aliphatic carbocycles. The van der Waals surface area contributed by atoms with Crippen LogP contribution in [0.2, 0.25) is 5.02 Å². The van der Waals surface area contributed by atoms with E-state index in [1.807, 2.05) is 0 Å². The van der Waals surface area contributed by atoms with E-state index in [9.17, 15) is 23.6 Å². The Balaban J connectivity index is 1.74. The van der Waals surface area contributed by atoms with Gasteiger partial charge >= 0.3 is 12.0 Å². The van der Waals surface area contributed by atoms with Gasteiger partial charge in [0.25, 0.3) is 0 Å². The Bertz CT molecular complexity index is 1010. The van der Waals surface area contributed by atoms with Gasteiger partial charge in [-0.25, -0.2) is 18.9 Å². The Hall–Kier alpha value is -3.46. The van der Waals surface area contributed by atoms with Crippen LogP contribution >= 0.6 is 11.6 Å². The monoisotopic (exact) mass is 433 g/mol. The van der Waals surface area contributed by atoms with Crippen LogP contribution in [0.15, 0.2) is 42.5 Å². The zero-order valence-electron chi connectivity index (χ0n) is 15.8. The van der Waals surface area contributed by atoms with E-state index in [1.165, 1.54) is 30.3 Å². The third-order valence-corrected chi connectivity index (χ3v) is 4.61. The van der Waals surface area contributed by atoms with Crippen LogP contribution in [0.25, 0.3) is 0 Å². The van der Waals surface area contributed by atoms with Gasteiger partial charge in [-0.2, -0.15) is 0 Å². The predicted molar refractivity (Wildman–Crippen MR) is 107 cm³/mol. The van der Waals surface area contributed by atoms with Crippen LogP contribution in [0.3, 0.4) is 0 Å². The molecular weight excluding hydrogens is 417 g/mol. The summed E-state index contributed by atoms with van der Waals surface area (Å²) in [5.41, 5.74) is 0.713. The van der Waals surface area contributed by atoms with Crippen molar-refractivity contribution in [3.8, 4) is 0 Å². The predicted octanol–water partition coefficient (Wildman–Crippen LogP) is 2.97. The van der Waals surface area contributed by atoms with E-state index in [0.29, 0.717) is 11.3 Å². The number of amides is 4. The van der Waals surface area contributed by atoms with Gasteiger partial charge in [0, 0.05) is 12.2 Å².